The molecule has 0 aliphatic heterocycles. The molecule has 0 heterocycles. The average Bonchev–Trinajstić information content (AvgIpc) is 2.76. The number of aryl methyl sites for hydroxylation is 2. The van der Waals surface area contributed by atoms with E-state index in [0.717, 1.165) is 61.1 Å². The van der Waals surface area contributed by atoms with Gasteiger partial charge in [-0.1, -0.05) is 49.6 Å². The summed E-state index contributed by atoms with van der Waals surface area (Å²) in [5.74, 6) is -0.0113. The fraction of sp³-hybridized carbons (Fsp3) is 0.308. The van der Waals surface area contributed by atoms with Crippen LogP contribution in [0.5, 0.6) is 11.5 Å². The zero-order valence-corrected chi connectivity index (χ0v) is 18.1. The third kappa shape index (κ3) is 6.25. The molecule has 0 radical (unpaired) electrons. The van der Waals surface area contributed by atoms with Gasteiger partial charge < -0.3 is 9.47 Å². The van der Waals surface area contributed by atoms with Gasteiger partial charge in [0.25, 0.3) is 0 Å². The molecule has 0 aromatic heterocycles. The van der Waals surface area contributed by atoms with Gasteiger partial charge in [0.15, 0.2) is 0 Å². The summed E-state index contributed by atoms with van der Waals surface area (Å²) in [4.78, 5) is 0. The van der Waals surface area contributed by atoms with E-state index < -0.39 is 23.3 Å². The van der Waals surface area contributed by atoms with Gasteiger partial charge in [0, 0.05) is 0 Å². The van der Waals surface area contributed by atoms with Crippen LogP contribution in [0, 0.1) is 6.92 Å². The molecular formula is C26H26F4O2. The largest absolute Gasteiger partial charge is 0.429 e. The number of ether oxygens (including phenoxy) is 2. The van der Waals surface area contributed by atoms with Crippen LogP contribution in [0.15, 0.2) is 72.8 Å². The molecule has 0 fully saturated rings. The molecule has 170 valence electrons. The fourth-order valence-corrected chi connectivity index (χ4v) is 3.18. The Bertz CT molecular complexity index is 982. The first-order chi connectivity index (χ1) is 15.2. The maximum atomic E-state index is 14.6. The van der Waals surface area contributed by atoms with Gasteiger partial charge in [0.05, 0.1) is 11.1 Å². The Labute approximate surface area is 185 Å². The van der Waals surface area contributed by atoms with E-state index in [4.69, 9.17) is 9.47 Å². The van der Waals surface area contributed by atoms with Crippen LogP contribution in [-0.2, 0) is 18.6 Å². The lowest BCUT2D eigenvalue weighted by Crippen LogP contribution is -2.24. The Hall–Kier alpha value is -3.02. The standard InChI is InChI=1S/C26H26F4O2/c1-3-4-5-6-20-9-17-24(18-10-20)32-26(29,30)22-13-11-21(12-14-22)25(27,28)31-23-15-7-19(2)8-16-23/h7-18H,3-6H2,1-2H3. The number of rotatable bonds is 10. The number of hydrogen-bond donors (Lipinski definition) is 0. The first kappa shape index (κ1) is 23.6. The maximum absolute atomic E-state index is 14.6. The highest BCUT2D eigenvalue weighted by atomic mass is 19.3. The molecule has 0 spiro atoms. The number of alkyl halides is 4. The molecule has 0 bridgehead atoms. The van der Waals surface area contributed by atoms with E-state index in [1.807, 2.05) is 6.92 Å². The van der Waals surface area contributed by atoms with E-state index in [1.54, 1.807) is 24.3 Å². The van der Waals surface area contributed by atoms with Gasteiger partial charge in [-0.3, -0.25) is 0 Å². The smallest absolute Gasteiger partial charge is 0.426 e. The van der Waals surface area contributed by atoms with Gasteiger partial charge in [0.2, 0.25) is 0 Å². The van der Waals surface area contributed by atoms with Crippen molar-refractivity contribution in [2.75, 3.05) is 0 Å². The van der Waals surface area contributed by atoms with E-state index in [0.29, 0.717) is 0 Å². The lowest BCUT2D eigenvalue weighted by atomic mass is 10.1. The van der Waals surface area contributed by atoms with Gasteiger partial charge in [-0.15, -0.1) is 0 Å². The summed E-state index contributed by atoms with van der Waals surface area (Å²) in [7, 11) is 0. The molecule has 2 nitrogen and oxygen atoms in total. The predicted octanol–water partition coefficient (Wildman–Crippen LogP) is 7.98. The van der Waals surface area contributed by atoms with Gasteiger partial charge in [-0.25, -0.2) is 0 Å². The fourth-order valence-electron chi connectivity index (χ4n) is 3.18. The molecule has 3 rings (SSSR count). The summed E-state index contributed by atoms with van der Waals surface area (Å²) in [6, 6.07) is 16.3. The van der Waals surface area contributed by atoms with Crippen LogP contribution in [0.4, 0.5) is 17.6 Å². The molecule has 32 heavy (non-hydrogen) atoms. The topological polar surface area (TPSA) is 18.5 Å². The maximum Gasteiger partial charge on any atom is 0.426 e. The Morgan fingerprint density at radius 2 is 1.06 bits per heavy atom. The minimum Gasteiger partial charge on any atom is -0.429 e. The van der Waals surface area contributed by atoms with E-state index in [2.05, 4.69) is 6.92 Å². The summed E-state index contributed by atoms with van der Waals surface area (Å²) in [6.07, 6.45) is -3.20. The van der Waals surface area contributed by atoms with E-state index in [-0.39, 0.29) is 11.5 Å². The van der Waals surface area contributed by atoms with E-state index in [9.17, 15) is 17.6 Å². The van der Waals surface area contributed by atoms with Crippen LogP contribution in [-0.4, -0.2) is 0 Å². The van der Waals surface area contributed by atoms with Crippen molar-refractivity contribution < 1.29 is 27.0 Å². The highest BCUT2D eigenvalue weighted by molar-refractivity contribution is 5.32. The predicted molar refractivity (Wildman–Crippen MR) is 116 cm³/mol. The second-order valence-corrected chi connectivity index (χ2v) is 7.73. The van der Waals surface area contributed by atoms with Crippen LogP contribution < -0.4 is 9.47 Å². The van der Waals surface area contributed by atoms with Crippen LogP contribution in [0.25, 0.3) is 0 Å². The molecule has 0 aliphatic carbocycles. The first-order valence-electron chi connectivity index (χ1n) is 10.6. The number of unbranched alkanes of at least 4 members (excludes halogenated alkanes) is 2. The zero-order chi connectivity index (χ0) is 23.2. The molecule has 0 saturated heterocycles. The van der Waals surface area contributed by atoms with Gasteiger partial charge in [-0.2, -0.15) is 17.6 Å². The molecule has 0 unspecified atom stereocenters. The van der Waals surface area contributed by atoms with Crippen molar-refractivity contribution in [2.45, 2.75) is 51.7 Å². The minimum atomic E-state index is -3.67. The average molecular weight is 446 g/mol. The lowest BCUT2D eigenvalue weighted by Gasteiger charge is -2.21. The Morgan fingerprint density at radius 3 is 1.50 bits per heavy atom. The molecule has 6 heteroatoms. The van der Waals surface area contributed by atoms with Gasteiger partial charge in [0.1, 0.15) is 11.5 Å². The van der Waals surface area contributed by atoms with Crippen molar-refractivity contribution in [3.05, 3.63) is 95.1 Å². The quantitative estimate of drug-likeness (QED) is 0.232. The molecule has 0 saturated carbocycles. The van der Waals surface area contributed by atoms with Crippen molar-refractivity contribution in [3.8, 4) is 11.5 Å². The van der Waals surface area contributed by atoms with E-state index in [1.165, 1.54) is 24.3 Å². The monoisotopic (exact) mass is 446 g/mol. The summed E-state index contributed by atoms with van der Waals surface area (Å²) < 4.78 is 67.6. The molecule has 0 amide bonds. The minimum absolute atomic E-state index is 0.00588. The van der Waals surface area contributed by atoms with Crippen molar-refractivity contribution >= 4 is 0 Å². The van der Waals surface area contributed by atoms with Crippen LogP contribution in [0.3, 0.4) is 0 Å². The highest BCUT2D eigenvalue weighted by Crippen LogP contribution is 2.35. The Morgan fingerprint density at radius 1 is 0.625 bits per heavy atom. The molecule has 3 aromatic rings. The summed E-state index contributed by atoms with van der Waals surface area (Å²) in [5, 5.41) is 0. The molecule has 3 aromatic carbocycles. The highest BCUT2D eigenvalue weighted by Gasteiger charge is 2.38. The van der Waals surface area contributed by atoms with Crippen LogP contribution in [0.2, 0.25) is 0 Å². The summed E-state index contributed by atoms with van der Waals surface area (Å²) in [6.45, 7) is 3.94. The van der Waals surface area contributed by atoms with Crippen molar-refractivity contribution in [1.82, 2.24) is 0 Å². The third-order valence-corrected chi connectivity index (χ3v) is 5.06. The molecule has 0 N–H and O–H groups in total. The SMILES string of the molecule is CCCCCc1ccc(OC(F)(F)c2ccc(C(F)(F)Oc3ccc(C)cc3)cc2)cc1. The van der Waals surface area contributed by atoms with Crippen LogP contribution in [0.1, 0.15) is 48.4 Å². The Kier molecular flexibility index (Phi) is 7.44. The molecule has 0 atom stereocenters. The summed E-state index contributed by atoms with van der Waals surface area (Å²) in [5.41, 5.74) is 0.890. The molecular weight excluding hydrogens is 420 g/mol. The first-order valence-corrected chi connectivity index (χ1v) is 10.6. The van der Waals surface area contributed by atoms with Crippen LogP contribution >= 0.6 is 0 Å². The second-order valence-electron chi connectivity index (χ2n) is 7.73. The van der Waals surface area contributed by atoms with Gasteiger partial charge in [-0.05, 0) is 73.9 Å². The molecule has 0 aliphatic rings. The van der Waals surface area contributed by atoms with Gasteiger partial charge >= 0.3 is 12.2 Å². The van der Waals surface area contributed by atoms with Crippen molar-refractivity contribution in [2.24, 2.45) is 0 Å². The number of benzene rings is 3. The Balaban J connectivity index is 1.66. The number of hydrogen-bond acceptors (Lipinski definition) is 2. The van der Waals surface area contributed by atoms with Crippen molar-refractivity contribution in [3.63, 3.8) is 0 Å². The van der Waals surface area contributed by atoms with E-state index >= 15 is 0 Å². The third-order valence-electron chi connectivity index (χ3n) is 5.06. The summed E-state index contributed by atoms with van der Waals surface area (Å²) >= 11 is 0. The van der Waals surface area contributed by atoms with Crippen molar-refractivity contribution in [1.29, 1.82) is 0 Å². The lowest BCUT2D eigenvalue weighted by molar-refractivity contribution is -0.188. The zero-order valence-electron chi connectivity index (χ0n) is 18.1. The second kappa shape index (κ2) is 10.1. The normalized spacial score (nSPS) is 11.9. The number of halogens is 4.